The Morgan fingerprint density at radius 3 is 1.07 bits per heavy atom. The molecular weight excluding hydrogens is 621 g/mol. The van der Waals surface area contributed by atoms with Crippen molar-refractivity contribution in [1.29, 1.82) is 0 Å². The Morgan fingerprint density at radius 2 is 0.750 bits per heavy atom. The fraction of sp³-hybridized carbons (Fsp3) is 0.351. The maximum atomic E-state index is 10.9. The first-order valence-corrected chi connectivity index (χ1v) is 17.5. The van der Waals surface area contributed by atoms with Crippen molar-refractivity contribution in [1.82, 2.24) is 0 Å². The Kier molecular flexibility index (Phi) is 11.0. The molecule has 4 rings (SSSR count). The number of benzene rings is 4. The second-order valence-electron chi connectivity index (χ2n) is 12.1. The smallest absolute Gasteiger partial charge is 0.123 e. The summed E-state index contributed by atoms with van der Waals surface area (Å²) in [5, 5.41) is 32.5. The lowest BCUT2D eigenvalue weighted by molar-refractivity contribution is 0.461. The monoisotopic (exact) mass is 664 g/mol. The zero-order chi connectivity index (χ0) is 32.4. The number of hydrogen-bond acceptors (Lipinski definition) is 7. The van der Waals surface area contributed by atoms with Crippen molar-refractivity contribution in [3.8, 4) is 17.2 Å². The van der Waals surface area contributed by atoms with E-state index in [0.29, 0.717) is 28.8 Å². The molecule has 0 fully saturated rings. The van der Waals surface area contributed by atoms with Gasteiger partial charge in [0.05, 0.1) is 0 Å². The number of rotatable bonds is 11. The molecule has 0 heterocycles. The van der Waals surface area contributed by atoms with Gasteiger partial charge in [-0.3, -0.25) is 0 Å². The van der Waals surface area contributed by atoms with E-state index in [2.05, 4.69) is 122 Å². The molecule has 0 aromatic heterocycles. The summed E-state index contributed by atoms with van der Waals surface area (Å²) in [7, 11) is 0. The average molecular weight is 665 g/mol. The minimum Gasteiger partial charge on any atom is -0.507 e. The van der Waals surface area contributed by atoms with Crippen molar-refractivity contribution in [2.24, 2.45) is 0 Å². The number of aryl methyl sites for hydroxylation is 2. The quantitative estimate of drug-likeness (QED) is 0.0646. The maximum absolute atomic E-state index is 10.9. The van der Waals surface area contributed by atoms with E-state index in [1.165, 1.54) is 5.56 Å². The van der Waals surface area contributed by atoms with Gasteiger partial charge in [-0.1, -0.05) is 88.4 Å². The summed E-state index contributed by atoms with van der Waals surface area (Å²) in [5.74, 6) is 2.39. The van der Waals surface area contributed by atoms with Crippen LogP contribution in [0.5, 0.6) is 17.2 Å². The lowest BCUT2D eigenvalue weighted by atomic mass is 9.68. The standard InChI is InChI=1S/C37H44O3S4/c1-6-22-12-30(13-23(7-2)33(22)38)36(3,4)28-8-10-29(11-9-28)37(5,31-14-24(18-41)34(39)25(15-31)19-42)32-16-26(20-43)35(40)27(17-32)21-44/h8-17,38-44H,6-7,18-21H2,1-5H3. The Balaban J connectivity index is 1.95. The summed E-state index contributed by atoms with van der Waals surface area (Å²) >= 11 is 18.1. The van der Waals surface area contributed by atoms with Gasteiger partial charge < -0.3 is 15.3 Å². The van der Waals surface area contributed by atoms with Crippen LogP contribution >= 0.6 is 50.5 Å². The third kappa shape index (κ3) is 6.22. The second-order valence-corrected chi connectivity index (χ2v) is 13.4. The third-order valence-electron chi connectivity index (χ3n) is 9.31. The van der Waals surface area contributed by atoms with E-state index in [4.69, 9.17) is 0 Å². The van der Waals surface area contributed by atoms with Crippen LogP contribution in [0.15, 0.2) is 60.7 Å². The van der Waals surface area contributed by atoms with E-state index in [-0.39, 0.29) is 16.9 Å². The van der Waals surface area contributed by atoms with E-state index >= 15 is 0 Å². The van der Waals surface area contributed by atoms with Crippen LogP contribution in [0, 0.1) is 0 Å². The topological polar surface area (TPSA) is 60.7 Å². The largest absolute Gasteiger partial charge is 0.507 e. The number of phenolic OH excluding ortho intramolecular Hbond substituents is 3. The van der Waals surface area contributed by atoms with Gasteiger partial charge in [0.25, 0.3) is 0 Å². The molecule has 4 aromatic carbocycles. The normalized spacial score (nSPS) is 12.1. The van der Waals surface area contributed by atoms with E-state index in [1.807, 2.05) is 24.3 Å². The van der Waals surface area contributed by atoms with Gasteiger partial charge in [0.1, 0.15) is 17.2 Å². The van der Waals surface area contributed by atoms with Crippen LogP contribution in [0.1, 0.15) is 95.8 Å². The highest BCUT2D eigenvalue weighted by atomic mass is 32.1. The van der Waals surface area contributed by atoms with Gasteiger partial charge in [0, 0.05) is 56.1 Å². The molecule has 0 aliphatic rings. The predicted molar refractivity (Wildman–Crippen MR) is 198 cm³/mol. The molecule has 0 atom stereocenters. The lowest BCUT2D eigenvalue weighted by Gasteiger charge is -2.35. The van der Waals surface area contributed by atoms with Gasteiger partial charge in [-0.25, -0.2) is 0 Å². The van der Waals surface area contributed by atoms with Crippen LogP contribution in [-0.4, -0.2) is 15.3 Å². The second kappa shape index (κ2) is 14.0. The minimum atomic E-state index is -0.655. The van der Waals surface area contributed by atoms with Crippen molar-refractivity contribution in [2.75, 3.05) is 0 Å². The fourth-order valence-electron chi connectivity index (χ4n) is 6.13. The Morgan fingerprint density at radius 1 is 0.455 bits per heavy atom. The van der Waals surface area contributed by atoms with E-state index in [1.54, 1.807) is 0 Å². The molecule has 44 heavy (non-hydrogen) atoms. The van der Waals surface area contributed by atoms with Gasteiger partial charge in [-0.15, -0.1) is 0 Å². The number of hydrogen-bond donors (Lipinski definition) is 7. The molecule has 0 bridgehead atoms. The Hall–Kier alpha value is -2.32. The summed E-state index contributed by atoms with van der Waals surface area (Å²) in [4.78, 5) is 0. The molecule has 0 amide bonds. The van der Waals surface area contributed by atoms with Gasteiger partial charge in [-0.2, -0.15) is 50.5 Å². The summed E-state index contributed by atoms with van der Waals surface area (Å²) in [6.07, 6.45) is 1.54. The van der Waals surface area contributed by atoms with Crippen LogP contribution in [0.25, 0.3) is 0 Å². The Labute approximate surface area is 284 Å². The van der Waals surface area contributed by atoms with Crippen LogP contribution in [0.2, 0.25) is 0 Å². The number of aromatic hydroxyl groups is 3. The van der Waals surface area contributed by atoms with E-state index in [0.717, 1.165) is 68.5 Å². The van der Waals surface area contributed by atoms with Crippen LogP contribution < -0.4 is 0 Å². The fourth-order valence-corrected chi connectivity index (χ4v) is 7.09. The van der Waals surface area contributed by atoms with Gasteiger partial charge in [0.2, 0.25) is 0 Å². The SMILES string of the molecule is CCc1cc(C(C)(C)c2ccc(C(C)(c3cc(CS)c(O)c(CS)c3)c3cc(CS)c(O)c(CS)c3)cc2)cc(CC)c1O. The molecule has 3 N–H and O–H groups in total. The molecule has 3 nitrogen and oxygen atoms in total. The zero-order valence-electron chi connectivity index (χ0n) is 26.1. The molecule has 7 heteroatoms. The van der Waals surface area contributed by atoms with E-state index in [9.17, 15) is 15.3 Å². The Bertz CT molecular complexity index is 1510. The van der Waals surface area contributed by atoms with E-state index < -0.39 is 5.41 Å². The molecule has 234 valence electrons. The summed E-state index contributed by atoms with van der Waals surface area (Å²) in [6.45, 7) is 10.8. The lowest BCUT2D eigenvalue weighted by Crippen LogP contribution is -2.27. The average Bonchev–Trinajstić information content (AvgIpc) is 3.04. The van der Waals surface area contributed by atoms with Gasteiger partial charge in [-0.05, 0) is 58.7 Å². The zero-order valence-corrected chi connectivity index (χ0v) is 29.7. The molecule has 0 aliphatic heterocycles. The van der Waals surface area contributed by atoms with Crippen molar-refractivity contribution >= 4 is 50.5 Å². The highest BCUT2D eigenvalue weighted by Crippen LogP contribution is 2.45. The predicted octanol–water partition coefficient (Wildman–Crippen LogP) is 9.33. The molecule has 0 unspecified atom stereocenters. The molecule has 0 saturated heterocycles. The first kappa shape index (κ1) is 34.6. The highest BCUT2D eigenvalue weighted by molar-refractivity contribution is 7.79. The van der Waals surface area contributed by atoms with Crippen molar-refractivity contribution in [3.63, 3.8) is 0 Å². The first-order chi connectivity index (χ1) is 20.9. The third-order valence-corrected chi connectivity index (χ3v) is 10.7. The van der Waals surface area contributed by atoms with Crippen molar-refractivity contribution in [2.45, 2.75) is 81.3 Å². The maximum Gasteiger partial charge on any atom is 0.123 e. The molecule has 0 radical (unpaired) electrons. The highest BCUT2D eigenvalue weighted by Gasteiger charge is 2.35. The van der Waals surface area contributed by atoms with Crippen molar-refractivity contribution < 1.29 is 15.3 Å². The van der Waals surface area contributed by atoms with Crippen LogP contribution in [-0.2, 0) is 46.7 Å². The van der Waals surface area contributed by atoms with Crippen LogP contribution in [0.3, 0.4) is 0 Å². The van der Waals surface area contributed by atoms with Crippen LogP contribution in [0.4, 0.5) is 0 Å². The molecular formula is C37H44O3S4. The molecule has 4 aromatic rings. The summed E-state index contributed by atoms with van der Waals surface area (Å²) < 4.78 is 0. The summed E-state index contributed by atoms with van der Waals surface area (Å²) in [6, 6.07) is 21.1. The molecule has 0 saturated carbocycles. The first-order valence-electron chi connectivity index (χ1n) is 15.0. The molecule has 0 spiro atoms. The minimum absolute atomic E-state index is 0.225. The number of thiol groups is 4. The summed E-state index contributed by atoms with van der Waals surface area (Å²) in [5.41, 5.74) is 9.34. The number of phenols is 3. The van der Waals surface area contributed by atoms with Gasteiger partial charge >= 0.3 is 0 Å². The van der Waals surface area contributed by atoms with Crippen molar-refractivity contribution in [3.05, 3.63) is 122 Å². The van der Waals surface area contributed by atoms with Gasteiger partial charge in [0.15, 0.2) is 0 Å². The molecule has 0 aliphatic carbocycles.